The van der Waals surface area contributed by atoms with E-state index in [9.17, 15) is 0 Å². The molecule has 1 unspecified atom stereocenters. The highest BCUT2D eigenvalue weighted by Gasteiger charge is 2.12. The van der Waals surface area contributed by atoms with E-state index in [4.69, 9.17) is 4.74 Å². The van der Waals surface area contributed by atoms with Crippen LogP contribution < -0.4 is 5.43 Å². The van der Waals surface area contributed by atoms with Crippen LogP contribution in [0.4, 0.5) is 0 Å². The Morgan fingerprint density at radius 2 is 2.40 bits per heavy atom. The van der Waals surface area contributed by atoms with Gasteiger partial charge in [-0.2, -0.15) is 0 Å². The molecule has 0 aliphatic carbocycles. The molecule has 0 spiro atoms. The van der Waals surface area contributed by atoms with Gasteiger partial charge in [-0.15, -0.1) is 0 Å². The van der Waals surface area contributed by atoms with E-state index >= 15 is 0 Å². The zero-order chi connectivity index (χ0) is 7.40. The van der Waals surface area contributed by atoms with Gasteiger partial charge in [0.05, 0.1) is 6.10 Å². The molecule has 0 radical (unpaired) electrons. The topological polar surface area (TPSA) is 24.5 Å². The van der Waals surface area contributed by atoms with E-state index < -0.39 is 0 Å². The van der Waals surface area contributed by atoms with Crippen molar-refractivity contribution >= 4 is 0 Å². The molecule has 1 aliphatic rings. The van der Waals surface area contributed by atoms with Crippen molar-refractivity contribution in [2.24, 2.45) is 0 Å². The maximum atomic E-state index is 5.45. The van der Waals surface area contributed by atoms with Crippen LogP contribution in [0.2, 0.25) is 0 Å². The molecule has 0 aromatic rings. The summed E-state index contributed by atoms with van der Waals surface area (Å²) >= 11 is 0. The van der Waals surface area contributed by atoms with Crippen LogP contribution in [-0.2, 0) is 4.74 Å². The molecular weight excluding hydrogens is 128 g/mol. The van der Waals surface area contributed by atoms with Crippen molar-refractivity contribution in [1.29, 1.82) is 0 Å². The molecule has 1 rings (SSSR count). The van der Waals surface area contributed by atoms with Crippen LogP contribution in [0.1, 0.15) is 13.3 Å². The lowest BCUT2D eigenvalue weighted by Crippen LogP contribution is -2.39. The first-order chi connectivity index (χ1) is 4.83. The van der Waals surface area contributed by atoms with E-state index in [1.807, 2.05) is 7.05 Å². The van der Waals surface area contributed by atoms with Crippen LogP contribution in [0.15, 0.2) is 0 Å². The Morgan fingerprint density at radius 1 is 1.60 bits per heavy atom. The van der Waals surface area contributed by atoms with Gasteiger partial charge in [0.2, 0.25) is 0 Å². The highest BCUT2D eigenvalue weighted by molar-refractivity contribution is 4.61. The van der Waals surface area contributed by atoms with Gasteiger partial charge < -0.3 is 4.74 Å². The van der Waals surface area contributed by atoms with Gasteiger partial charge in [-0.05, 0) is 20.4 Å². The van der Waals surface area contributed by atoms with Crippen molar-refractivity contribution in [3.05, 3.63) is 0 Å². The van der Waals surface area contributed by atoms with Gasteiger partial charge in [-0.25, -0.2) is 5.01 Å². The monoisotopic (exact) mass is 144 g/mol. The zero-order valence-electron chi connectivity index (χ0n) is 6.76. The molecular formula is C7H16N2O. The maximum absolute atomic E-state index is 5.45. The van der Waals surface area contributed by atoms with E-state index in [1.54, 1.807) is 0 Å². The van der Waals surface area contributed by atoms with Crippen LogP contribution in [-0.4, -0.2) is 37.9 Å². The summed E-state index contributed by atoms with van der Waals surface area (Å²) in [6.45, 7) is 5.10. The van der Waals surface area contributed by atoms with Gasteiger partial charge in [0, 0.05) is 19.7 Å². The fourth-order valence-electron chi connectivity index (χ4n) is 1.20. The van der Waals surface area contributed by atoms with Crippen LogP contribution in [0.5, 0.6) is 0 Å². The standard InChI is InChI=1S/C7H16N2O/c1-7-6-9(8-2)4-3-5-10-7/h7-8H,3-6H2,1-2H3. The number of hydrogen-bond donors (Lipinski definition) is 1. The minimum Gasteiger partial charge on any atom is -0.377 e. The Labute approximate surface area is 62.3 Å². The number of rotatable bonds is 1. The molecule has 1 N–H and O–H groups in total. The quantitative estimate of drug-likeness (QED) is 0.570. The Balaban J connectivity index is 2.30. The fourth-order valence-corrected chi connectivity index (χ4v) is 1.20. The summed E-state index contributed by atoms with van der Waals surface area (Å²) < 4.78 is 5.45. The number of hydrogen-bond acceptors (Lipinski definition) is 3. The van der Waals surface area contributed by atoms with Crippen LogP contribution in [0.25, 0.3) is 0 Å². The third kappa shape index (κ3) is 2.25. The summed E-state index contributed by atoms with van der Waals surface area (Å²) in [7, 11) is 1.96. The summed E-state index contributed by atoms with van der Waals surface area (Å²) in [6.07, 6.45) is 1.50. The lowest BCUT2D eigenvalue weighted by atomic mass is 10.4. The summed E-state index contributed by atoms with van der Waals surface area (Å²) in [6, 6.07) is 0. The molecule has 1 heterocycles. The molecule has 10 heavy (non-hydrogen) atoms. The Kier molecular flexibility index (Phi) is 3.12. The Bertz CT molecular complexity index is 97.6. The van der Waals surface area contributed by atoms with E-state index in [0.717, 1.165) is 26.1 Å². The van der Waals surface area contributed by atoms with Gasteiger partial charge in [-0.1, -0.05) is 0 Å². The maximum Gasteiger partial charge on any atom is 0.0687 e. The van der Waals surface area contributed by atoms with Crippen molar-refractivity contribution in [3.8, 4) is 0 Å². The zero-order valence-corrected chi connectivity index (χ0v) is 6.76. The van der Waals surface area contributed by atoms with Crippen LogP contribution >= 0.6 is 0 Å². The molecule has 60 valence electrons. The fraction of sp³-hybridized carbons (Fsp3) is 1.00. The first-order valence-electron chi connectivity index (χ1n) is 3.87. The van der Waals surface area contributed by atoms with Crippen molar-refractivity contribution in [2.75, 3.05) is 26.7 Å². The summed E-state index contributed by atoms with van der Waals surface area (Å²) in [5.41, 5.74) is 3.13. The van der Waals surface area contributed by atoms with Crippen molar-refractivity contribution in [2.45, 2.75) is 19.4 Å². The minimum atomic E-state index is 0.370. The van der Waals surface area contributed by atoms with Gasteiger partial charge in [0.1, 0.15) is 0 Å². The molecule has 1 aliphatic heterocycles. The number of ether oxygens (including phenoxy) is 1. The van der Waals surface area contributed by atoms with E-state index in [-0.39, 0.29) is 0 Å². The average Bonchev–Trinajstić information content (AvgIpc) is 2.13. The molecule has 0 bridgehead atoms. The Morgan fingerprint density at radius 3 is 3.10 bits per heavy atom. The van der Waals surface area contributed by atoms with Gasteiger partial charge in [-0.3, -0.25) is 5.43 Å². The number of hydrazine groups is 1. The van der Waals surface area contributed by atoms with E-state index in [2.05, 4.69) is 17.4 Å². The lowest BCUT2D eigenvalue weighted by Gasteiger charge is -2.19. The van der Waals surface area contributed by atoms with Crippen molar-refractivity contribution < 1.29 is 4.74 Å². The second-order valence-electron chi connectivity index (χ2n) is 2.70. The number of nitrogens with one attached hydrogen (secondary N) is 1. The normalized spacial score (nSPS) is 30.0. The predicted molar refractivity (Wildman–Crippen MR) is 40.7 cm³/mol. The molecule has 0 saturated carbocycles. The van der Waals surface area contributed by atoms with Gasteiger partial charge in [0.15, 0.2) is 0 Å². The third-order valence-electron chi connectivity index (χ3n) is 1.77. The molecule has 3 heteroatoms. The summed E-state index contributed by atoms with van der Waals surface area (Å²) in [4.78, 5) is 0. The number of nitrogens with zero attached hydrogens (tertiary/aromatic N) is 1. The van der Waals surface area contributed by atoms with E-state index in [0.29, 0.717) is 6.10 Å². The van der Waals surface area contributed by atoms with Crippen LogP contribution in [0, 0.1) is 0 Å². The molecule has 0 aromatic heterocycles. The largest absolute Gasteiger partial charge is 0.377 e. The Hall–Kier alpha value is -0.120. The first-order valence-corrected chi connectivity index (χ1v) is 3.87. The van der Waals surface area contributed by atoms with Gasteiger partial charge in [0.25, 0.3) is 0 Å². The minimum absolute atomic E-state index is 0.370. The molecule has 3 nitrogen and oxygen atoms in total. The average molecular weight is 144 g/mol. The molecule has 1 saturated heterocycles. The SMILES string of the molecule is CNN1CCCOC(C)C1. The van der Waals surface area contributed by atoms with Crippen LogP contribution in [0.3, 0.4) is 0 Å². The van der Waals surface area contributed by atoms with Crippen molar-refractivity contribution in [3.63, 3.8) is 0 Å². The molecule has 0 aromatic carbocycles. The highest BCUT2D eigenvalue weighted by atomic mass is 16.5. The molecule has 1 fully saturated rings. The molecule has 0 amide bonds. The predicted octanol–water partition coefficient (Wildman–Crippen LogP) is 0.232. The van der Waals surface area contributed by atoms with Crippen molar-refractivity contribution in [1.82, 2.24) is 10.4 Å². The highest BCUT2D eigenvalue weighted by Crippen LogP contribution is 2.01. The van der Waals surface area contributed by atoms with E-state index in [1.165, 1.54) is 0 Å². The lowest BCUT2D eigenvalue weighted by molar-refractivity contribution is 0.0611. The summed E-state index contributed by atoms with van der Waals surface area (Å²) in [5, 5.41) is 2.19. The second-order valence-corrected chi connectivity index (χ2v) is 2.70. The molecule has 1 atom stereocenters. The van der Waals surface area contributed by atoms with Gasteiger partial charge >= 0.3 is 0 Å². The first kappa shape index (κ1) is 7.98. The smallest absolute Gasteiger partial charge is 0.0687 e. The third-order valence-corrected chi connectivity index (χ3v) is 1.77. The second kappa shape index (κ2) is 3.91. The summed E-state index contributed by atoms with van der Waals surface area (Å²) in [5.74, 6) is 0.